The summed E-state index contributed by atoms with van der Waals surface area (Å²) in [5.41, 5.74) is 1.71. The van der Waals surface area contributed by atoms with Crippen LogP contribution in [0.1, 0.15) is 36.3 Å². The number of rotatable bonds is 7. The lowest BCUT2D eigenvalue weighted by molar-refractivity contribution is -0.230. The van der Waals surface area contributed by atoms with Crippen molar-refractivity contribution in [1.29, 1.82) is 0 Å². The van der Waals surface area contributed by atoms with Gasteiger partial charge in [0.25, 0.3) is 0 Å². The minimum absolute atomic E-state index is 0.0748. The van der Waals surface area contributed by atoms with E-state index in [1.807, 2.05) is 19.1 Å². The van der Waals surface area contributed by atoms with E-state index in [9.17, 15) is 8.78 Å². The number of hydrogen-bond acceptors (Lipinski definition) is 3. The van der Waals surface area contributed by atoms with Crippen LogP contribution in [0.4, 0.5) is 13.2 Å². The Morgan fingerprint density at radius 3 is 2.38 bits per heavy atom. The van der Waals surface area contributed by atoms with Gasteiger partial charge in [-0.3, -0.25) is 0 Å². The molecule has 0 spiro atoms. The topological polar surface area (TPSA) is 27.7 Å². The molecule has 3 aromatic carbocycles. The maximum Gasteiger partial charge on any atom is 0.184 e. The van der Waals surface area contributed by atoms with Crippen LogP contribution in [0.2, 0.25) is 5.02 Å². The van der Waals surface area contributed by atoms with Crippen molar-refractivity contribution >= 4 is 22.4 Å². The van der Waals surface area contributed by atoms with Crippen LogP contribution in [0.5, 0.6) is 0 Å². The van der Waals surface area contributed by atoms with Gasteiger partial charge in [-0.25, -0.2) is 13.2 Å². The number of benzene rings is 3. The van der Waals surface area contributed by atoms with Crippen LogP contribution < -0.4 is 0 Å². The first-order chi connectivity index (χ1) is 15.5. The lowest BCUT2D eigenvalue weighted by atomic mass is 9.99. The van der Waals surface area contributed by atoms with E-state index in [1.165, 1.54) is 12.1 Å². The zero-order chi connectivity index (χ0) is 22.7. The number of halogens is 4. The van der Waals surface area contributed by atoms with Gasteiger partial charge in [-0.05, 0) is 54.0 Å². The first-order valence-electron chi connectivity index (χ1n) is 10.7. The third-order valence-corrected chi connectivity index (χ3v) is 5.84. The second-order valence-corrected chi connectivity index (χ2v) is 8.26. The Labute approximate surface area is 190 Å². The Bertz CT molecular complexity index is 1070. The second kappa shape index (κ2) is 10.2. The van der Waals surface area contributed by atoms with E-state index in [1.54, 1.807) is 18.2 Å². The standard InChI is InChI=1S/C25H24ClF3O3/c1-2-9-30-19-13-31-25(32-14-19)18-7-8-20-17(12-18)6-5-16(24(20)29)4-3-15-10-21(27)23(26)22(28)11-15/h5-8,10-12,19,25H,2-4,9,13-14H2,1H3. The van der Waals surface area contributed by atoms with Gasteiger partial charge in [0, 0.05) is 17.6 Å². The van der Waals surface area contributed by atoms with E-state index in [0.29, 0.717) is 42.8 Å². The summed E-state index contributed by atoms with van der Waals surface area (Å²) in [5, 5.41) is 0.667. The van der Waals surface area contributed by atoms with E-state index < -0.39 is 22.9 Å². The smallest absolute Gasteiger partial charge is 0.184 e. The van der Waals surface area contributed by atoms with Crippen molar-refractivity contribution in [3.05, 3.63) is 81.6 Å². The molecule has 1 aliphatic rings. The first-order valence-corrected chi connectivity index (χ1v) is 11.0. The average molecular weight is 465 g/mol. The van der Waals surface area contributed by atoms with Gasteiger partial charge < -0.3 is 14.2 Å². The van der Waals surface area contributed by atoms with Crippen molar-refractivity contribution in [3.8, 4) is 0 Å². The molecule has 0 atom stereocenters. The summed E-state index contributed by atoms with van der Waals surface area (Å²) < 4.78 is 59.6. The van der Waals surface area contributed by atoms with Crippen molar-refractivity contribution in [2.24, 2.45) is 0 Å². The SMILES string of the molecule is CCCOC1COC(c2ccc3c(F)c(CCc4cc(F)c(Cl)c(F)c4)ccc3c2)OC1. The lowest BCUT2D eigenvalue weighted by Gasteiger charge is -2.29. The molecular weight excluding hydrogens is 441 g/mol. The molecule has 0 bridgehead atoms. The molecule has 0 unspecified atom stereocenters. The Morgan fingerprint density at radius 1 is 0.969 bits per heavy atom. The van der Waals surface area contributed by atoms with Crippen LogP contribution >= 0.6 is 11.6 Å². The predicted octanol–water partition coefficient (Wildman–Crippen LogP) is 6.54. The highest BCUT2D eigenvalue weighted by Crippen LogP contribution is 2.30. The molecule has 4 rings (SSSR count). The van der Waals surface area contributed by atoms with E-state index in [0.717, 1.165) is 17.4 Å². The summed E-state index contributed by atoms with van der Waals surface area (Å²) in [4.78, 5) is 0. The molecule has 170 valence electrons. The van der Waals surface area contributed by atoms with E-state index in [4.69, 9.17) is 25.8 Å². The van der Waals surface area contributed by atoms with Gasteiger partial charge in [0.15, 0.2) is 6.29 Å². The van der Waals surface area contributed by atoms with E-state index in [-0.39, 0.29) is 18.3 Å². The molecule has 0 radical (unpaired) electrons. The molecule has 0 saturated carbocycles. The largest absolute Gasteiger partial charge is 0.373 e. The molecule has 1 heterocycles. The molecular formula is C25H24ClF3O3. The van der Waals surface area contributed by atoms with Gasteiger partial charge in [-0.15, -0.1) is 0 Å². The molecule has 7 heteroatoms. The zero-order valence-electron chi connectivity index (χ0n) is 17.7. The maximum absolute atomic E-state index is 15.1. The van der Waals surface area contributed by atoms with Gasteiger partial charge in [-0.1, -0.05) is 42.8 Å². The van der Waals surface area contributed by atoms with Crippen molar-refractivity contribution in [3.63, 3.8) is 0 Å². The molecule has 32 heavy (non-hydrogen) atoms. The summed E-state index contributed by atoms with van der Waals surface area (Å²) in [5.74, 6) is -1.98. The predicted molar refractivity (Wildman–Crippen MR) is 117 cm³/mol. The van der Waals surface area contributed by atoms with Crippen molar-refractivity contribution in [1.82, 2.24) is 0 Å². The fraction of sp³-hybridized carbons (Fsp3) is 0.360. The third kappa shape index (κ3) is 5.09. The second-order valence-electron chi connectivity index (χ2n) is 7.88. The number of fused-ring (bicyclic) bond motifs is 1. The summed E-state index contributed by atoms with van der Waals surface area (Å²) in [6.07, 6.45) is 0.938. The highest BCUT2D eigenvalue weighted by molar-refractivity contribution is 6.30. The fourth-order valence-electron chi connectivity index (χ4n) is 3.79. The van der Waals surface area contributed by atoms with Crippen molar-refractivity contribution in [2.75, 3.05) is 19.8 Å². The van der Waals surface area contributed by atoms with Crippen molar-refractivity contribution < 1.29 is 27.4 Å². The summed E-state index contributed by atoms with van der Waals surface area (Å²) >= 11 is 5.52. The van der Waals surface area contributed by atoms with Gasteiger partial charge >= 0.3 is 0 Å². The average Bonchev–Trinajstić information content (AvgIpc) is 2.81. The number of ether oxygens (including phenoxy) is 3. The Kier molecular flexibility index (Phi) is 7.36. The minimum Gasteiger partial charge on any atom is -0.373 e. The number of aryl methyl sites for hydroxylation is 2. The zero-order valence-corrected chi connectivity index (χ0v) is 18.4. The molecule has 1 saturated heterocycles. The highest BCUT2D eigenvalue weighted by atomic mass is 35.5. The minimum atomic E-state index is -0.816. The van der Waals surface area contributed by atoms with Crippen molar-refractivity contribution in [2.45, 2.75) is 38.6 Å². The van der Waals surface area contributed by atoms with Gasteiger partial charge in [0.05, 0.1) is 13.2 Å². The van der Waals surface area contributed by atoms with E-state index >= 15 is 4.39 Å². The molecule has 0 aliphatic carbocycles. The van der Waals surface area contributed by atoms with E-state index in [2.05, 4.69) is 0 Å². The van der Waals surface area contributed by atoms with Gasteiger partial charge in [-0.2, -0.15) is 0 Å². The molecule has 0 amide bonds. The first kappa shape index (κ1) is 23.1. The summed E-state index contributed by atoms with van der Waals surface area (Å²) in [6, 6.07) is 11.2. The monoisotopic (exact) mass is 464 g/mol. The number of hydrogen-bond donors (Lipinski definition) is 0. The molecule has 1 aliphatic heterocycles. The summed E-state index contributed by atoms with van der Waals surface area (Å²) in [7, 11) is 0. The van der Waals surface area contributed by atoms with Gasteiger partial charge in [0.1, 0.15) is 28.6 Å². The van der Waals surface area contributed by atoms with Crippen LogP contribution in [0, 0.1) is 17.5 Å². The van der Waals surface area contributed by atoms with Crippen LogP contribution in [0.25, 0.3) is 10.8 Å². The van der Waals surface area contributed by atoms with Crippen LogP contribution in [0.3, 0.4) is 0 Å². The Morgan fingerprint density at radius 2 is 1.69 bits per heavy atom. The summed E-state index contributed by atoms with van der Waals surface area (Å²) in [6.45, 7) is 3.61. The highest BCUT2D eigenvalue weighted by Gasteiger charge is 2.24. The molecule has 3 nitrogen and oxygen atoms in total. The molecule has 3 aromatic rings. The molecule has 0 aromatic heterocycles. The van der Waals surface area contributed by atoms with Crippen LogP contribution in [-0.4, -0.2) is 25.9 Å². The quantitative estimate of drug-likeness (QED) is 0.372. The van der Waals surface area contributed by atoms with Crippen LogP contribution in [0.15, 0.2) is 42.5 Å². The normalized spacial score (nSPS) is 18.9. The fourth-order valence-corrected chi connectivity index (χ4v) is 3.89. The lowest BCUT2D eigenvalue weighted by Crippen LogP contribution is -2.33. The van der Waals surface area contributed by atoms with Gasteiger partial charge in [0.2, 0.25) is 0 Å². The Balaban J connectivity index is 1.46. The molecule has 0 N–H and O–H groups in total. The maximum atomic E-state index is 15.1. The third-order valence-electron chi connectivity index (χ3n) is 5.48. The Hall–Kier alpha value is -2.12. The van der Waals surface area contributed by atoms with Crippen LogP contribution in [-0.2, 0) is 27.1 Å². The molecule has 1 fully saturated rings.